The average Bonchev–Trinajstić information content (AvgIpc) is 2.96. The summed E-state index contributed by atoms with van der Waals surface area (Å²) in [5.74, 6) is -0.425. The SMILES string of the molecule is CCOC(=O)CCCC(=O)Nc1ccc(N2CCN(C(=O)Nc3c(Cl)cc(CN4CCCCC4)cc3Cl)CC2)cc1. The van der Waals surface area contributed by atoms with Crippen LogP contribution in [0.1, 0.15) is 51.0 Å². The number of ether oxygens (including phenoxy) is 1. The molecule has 4 rings (SSSR count). The molecule has 2 saturated heterocycles. The van der Waals surface area contributed by atoms with Crippen molar-refractivity contribution in [3.05, 3.63) is 52.0 Å². The summed E-state index contributed by atoms with van der Waals surface area (Å²) >= 11 is 13.1. The molecule has 41 heavy (non-hydrogen) atoms. The maximum absolute atomic E-state index is 13.0. The Labute approximate surface area is 252 Å². The number of carbonyl (C=O) groups is 3. The largest absolute Gasteiger partial charge is 0.466 e. The maximum Gasteiger partial charge on any atom is 0.322 e. The van der Waals surface area contributed by atoms with Gasteiger partial charge in [-0.3, -0.25) is 14.5 Å². The van der Waals surface area contributed by atoms with Gasteiger partial charge in [0, 0.05) is 56.9 Å². The van der Waals surface area contributed by atoms with Crippen molar-refractivity contribution in [3.8, 4) is 0 Å². The Morgan fingerprint density at radius 3 is 2.15 bits per heavy atom. The fourth-order valence-corrected chi connectivity index (χ4v) is 5.80. The smallest absolute Gasteiger partial charge is 0.322 e. The molecule has 0 aliphatic carbocycles. The number of esters is 1. The lowest BCUT2D eigenvalue weighted by Gasteiger charge is -2.36. The first-order valence-electron chi connectivity index (χ1n) is 14.4. The van der Waals surface area contributed by atoms with Crippen molar-refractivity contribution in [2.24, 2.45) is 0 Å². The normalized spacial score (nSPS) is 15.9. The quantitative estimate of drug-likeness (QED) is 0.323. The summed E-state index contributed by atoms with van der Waals surface area (Å²) in [5.41, 5.74) is 3.21. The third-order valence-electron chi connectivity index (χ3n) is 7.36. The van der Waals surface area contributed by atoms with Crippen LogP contribution in [0.2, 0.25) is 10.0 Å². The van der Waals surface area contributed by atoms with Crippen LogP contribution in [0, 0.1) is 0 Å². The van der Waals surface area contributed by atoms with Crippen LogP contribution in [0.4, 0.5) is 21.9 Å². The van der Waals surface area contributed by atoms with Crippen LogP contribution >= 0.6 is 23.2 Å². The third kappa shape index (κ3) is 9.24. The zero-order chi connectivity index (χ0) is 29.2. The predicted molar refractivity (Wildman–Crippen MR) is 164 cm³/mol. The van der Waals surface area contributed by atoms with Gasteiger partial charge >= 0.3 is 12.0 Å². The number of likely N-dealkylation sites (tertiary alicyclic amines) is 1. The minimum Gasteiger partial charge on any atom is -0.466 e. The van der Waals surface area contributed by atoms with Gasteiger partial charge in [0.25, 0.3) is 0 Å². The lowest BCUT2D eigenvalue weighted by molar-refractivity contribution is -0.143. The van der Waals surface area contributed by atoms with Crippen molar-refractivity contribution < 1.29 is 19.1 Å². The molecule has 0 atom stereocenters. The van der Waals surface area contributed by atoms with Gasteiger partial charge in [-0.2, -0.15) is 0 Å². The van der Waals surface area contributed by atoms with Crippen LogP contribution in [0.5, 0.6) is 0 Å². The van der Waals surface area contributed by atoms with Gasteiger partial charge in [-0.05, 0) is 81.2 Å². The Hall–Kier alpha value is -3.01. The first-order chi connectivity index (χ1) is 19.8. The Kier molecular flexibility index (Phi) is 11.5. The average molecular weight is 605 g/mol. The van der Waals surface area contributed by atoms with Gasteiger partial charge in [0.2, 0.25) is 5.91 Å². The first-order valence-corrected chi connectivity index (χ1v) is 15.1. The topological polar surface area (TPSA) is 94.2 Å². The van der Waals surface area contributed by atoms with Crippen molar-refractivity contribution in [2.45, 2.75) is 52.0 Å². The lowest BCUT2D eigenvalue weighted by atomic mass is 10.1. The van der Waals surface area contributed by atoms with E-state index in [4.69, 9.17) is 27.9 Å². The molecule has 11 heteroatoms. The van der Waals surface area contributed by atoms with Crippen LogP contribution < -0.4 is 15.5 Å². The maximum atomic E-state index is 13.0. The molecule has 2 N–H and O–H groups in total. The van der Waals surface area contributed by atoms with Gasteiger partial charge in [0.15, 0.2) is 0 Å². The van der Waals surface area contributed by atoms with Crippen LogP contribution in [-0.4, -0.2) is 73.6 Å². The highest BCUT2D eigenvalue weighted by molar-refractivity contribution is 6.39. The Morgan fingerprint density at radius 1 is 0.854 bits per heavy atom. The van der Waals surface area contributed by atoms with Gasteiger partial charge in [-0.25, -0.2) is 4.79 Å². The second-order valence-electron chi connectivity index (χ2n) is 10.4. The molecule has 0 bridgehead atoms. The van der Waals surface area contributed by atoms with Crippen molar-refractivity contribution in [1.29, 1.82) is 0 Å². The van der Waals surface area contributed by atoms with Gasteiger partial charge < -0.3 is 25.2 Å². The summed E-state index contributed by atoms with van der Waals surface area (Å²) in [6, 6.07) is 11.2. The first kappa shape index (κ1) is 30.9. The van der Waals surface area contributed by atoms with E-state index in [1.165, 1.54) is 19.3 Å². The van der Waals surface area contributed by atoms with E-state index in [0.29, 0.717) is 60.6 Å². The molecule has 0 unspecified atom stereocenters. The van der Waals surface area contributed by atoms with E-state index in [9.17, 15) is 14.4 Å². The molecule has 9 nitrogen and oxygen atoms in total. The molecule has 0 radical (unpaired) electrons. The highest BCUT2D eigenvalue weighted by Gasteiger charge is 2.23. The van der Waals surface area contributed by atoms with E-state index in [-0.39, 0.29) is 30.7 Å². The third-order valence-corrected chi connectivity index (χ3v) is 7.96. The van der Waals surface area contributed by atoms with E-state index < -0.39 is 0 Å². The number of hydrogen-bond acceptors (Lipinski definition) is 6. The summed E-state index contributed by atoms with van der Waals surface area (Å²) < 4.78 is 4.88. The van der Waals surface area contributed by atoms with Gasteiger partial charge in [0.1, 0.15) is 0 Å². The van der Waals surface area contributed by atoms with Crippen molar-refractivity contribution in [2.75, 3.05) is 61.4 Å². The van der Waals surface area contributed by atoms with E-state index in [2.05, 4.69) is 20.4 Å². The van der Waals surface area contributed by atoms with Crippen LogP contribution in [0.25, 0.3) is 0 Å². The molecular weight excluding hydrogens is 565 g/mol. The number of urea groups is 1. The number of halogens is 2. The summed E-state index contributed by atoms with van der Waals surface area (Å²) in [7, 11) is 0. The molecule has 2 aromatic rings. The van der Waals surface area contributed by atoms with Crippen LogP contribution in [0.3, 0.4) is 0 Å². The molecule has 2 aromatic carbocycles. The number of hydrogen-bond donors (Lipinski definition) is 2. The molecule has 2 aliphatic heterocycles. The fourth-order valence-electron chi connectivity index (χ4n) is 5.17. The fraction of sp³-hybridized carbons (Fsp3) is 0.500. The Bertz CT molecular complexity index is 1170. The van der Waals surface area contributed by atoms with E-state index in [1.807, 2.05) is 36.4 Å². The molecule has 222 valence electrons. The van der Waals surface area contributed by atoms with Crippen molar-refractivity contribution in [3.63, 3.8) is 0 Å². The standard InChI is InChI=1S/C30H39Cl2N5O4/c1-2-41-28(39)8-6-7-27(38)33-23-9-11-24(12-10-23)36-15-17-37(18-16-36)30(40)34-29-25(31)19-22(20-26(29)32)21-35-13-4-3-5-14-35/h9-12,19-20H,2-8,13-18,21H2,1H3,(H,33,38)(H,34,40). The Balaban J connectivity index is 1.22. The number of piperazine rings is 1. The molecule has 0 saturated carbocycles. The predicted octanol–water partition coefficient (Wildman–Crippen LogP) is 6.01. The second-order valence-corrected chi connectivity index (χ2v) is 11.2. The van der Waals surface area contributed by atoms with Crippen LogP contribution in [-0.2, 0) is 20.9 Å². The van der Waals surface area contributed by atoms with Crippen molar-refractivity contribution >= 4 is 58.2 Å². The van der Waals surface area contributed by atoms with E-state index in [0.717, 1.165) is 30.9 Å². The van der Waals surface area contributed by atoms with Gasteiger partial charge in [-0.1, -0.05) is 29.6 Å². The zero-order valence-corrected chi connectivity index (χ0v) is 25.1. The minimum atomic E-state index is -0.285. The number of rotatable bonds is 10. The number of amides is 3. The number of anilines is 3. The number of piperidine rings is 1. The summed E-state index contributed by atoms with van der Waals surface area (Å²) in [6.07, 6.45) is 4.65. The molecule has 2 fully saturated rings. The molecule has 0 aromatic heterocycles. The van der Waals surface area contributed by atoms with Gasteiger partial charge in [0.05, 0.1) is 22.3 Å². The number of carbonyl (C=O) groups excluding carboxylic acids is 3. The summed E-state index contributed by atoms with van der Waals surface area (Å²) in [6.45, 7) is 7.51. The highest BCUT2D eigenvalue weighted by Crippen LogP contribution is 2.33. The number of benzene rings is 2. The van der Waals surface area contributed by atoms with Crippen molar-refractivity contribution in [1.82, 2.24) is 9.80 Å². The monoisotopic (exact) mass is 603 g/mol. The Morgan fingerprint density at radius 2 is 1.51 bits per heavy atom. The highest BCUT2D eigenvalue weighted by atomic mass is 35.5. The number of nitrogens with zero attached hydrogens (tertiary/aromatic N) is 3. The lowest BCUT2D eigenvalue weighted by Crippen LogP contribution is -2.50. The second kappa shape index (κ2) is 15.3. The molecule has 2 heterocycles. The summed E-state index contributed by atoms with van der Waals surface area (Å²) in [5, 5.41) is 6.67. The molecular formula is C30H39Cl2N5O4. The van der Waals surface area contributed by atoms with Gasteiger partial charge in [-0.15, -0.1) is 0 Å². The minimum absolute atomic E-state index is 0.140. The molecule has 2 aliphatic rings. The molecule has 3 amide bonds. The van der Waals surface area contributed by atoms with Crippen LogP contribution in [0.15, 0.2) is 36.4 Å². The zero-order valence-electron chi connectivity index (χ0n) is 23.6. The molecule has 0 spiro atoms. The van der Waals surface area contributed by atoms with E-state index in [1.54, 1.807) is 11.8 Å². The van der Waals surface area contributed by atoms with E-state index >= 15 is 0 Å². The summed E-state index contributed by atoms with van der Waals surface area (Å²) in [4.78, 5) is 43.0. The number of nitrogens with one attached hydrogen (secondary N) is 2.